The van der Waals surface area contributed by atoms with Crippen LogP contribution in [0.2, 0.25) is 0 Å². The molecule has 0 N–H and O–H groups in total. The monoisotopic (exact) mass is 341 g/mol. The number of para-hydroxylation sites is 1. The molecule has 0 atom stereocenters. The van der Waals surface area contributed by atoms with Gasteiger partial charge in [-0.25, -0.2) is 4.98 Å². The molecule has 6 heteroatoms. The standard InChI is InChI=1S/C18H19N3O2S/c1-13-9-14(11-23-3)16(10-19)18(20-13)24-12-17(22)21(2)15-7-5-4-6-8-15/h4-9H,11-12H2,1-3H3. The van der Waals surface area contributed by atoms with Crippen molar-refractivity contribution < 1.29 is 9.53 Å². The van der Waals surface area contributed by atoms with Crippen LogP contribution in [0.25, 0.3) is 0 Å². The van der Waals surface area contributed by atoms with Gasteiger partial charge in [0, 0.05) is 25.5 Å². The number of nitriles is 1. The number of rotatable bonds is 6. The largest absolute Gasteiger partial charge is 0.380 e. The van der Waals surface area contributed by atoms with Crippen molar-refractivity contribution in [2.24, 2.45) is 0 Å². The van der Waals surface area contributed by atoms with Gasteiger partial charge in [-0.15, -0.1) is 0 Å². The smallest absolute Gasteiger partial charge is 0.237 e. The summed E-state index contributed by atoms with van der Waals surface area (Å²) in [7, 11) is 3.32. The topological polar surface area (TPSA) is 66.2 Å². The third-order valence-electron chi connectivity index (χ3n) is 3.46. The van der Waals surface area contributed by atoms with Crippen LogP contribution in [-0.2, 0) is 16.1 Å². The number of benzene rings is 1. The van der Waals surface area contributed by atoms with Crippen LogP contribution in [0, 0.1) is 18.3 Å². The molecular weight excluding hydrogens is 322 g/mol. The van der Waals surface area contributed by atoms with Crippen LogP contribution in [0.1, 0.15) is 16.8 Å². The fourth-order valence-electron chi connectivity index (χ4n) is 2.23. The molecule has 1 aromatic carbocycles. The third kappa shape index (κ3) is 4.34. The Morgan fingerprint density at radius 1 is 1.38 bits per heavy atom. The van der Waals surface area contributed by atoms with Crippen LogP contribution in [0.15, 0.2) is 41.4 Å². The zero-order valence-corrected chi connectivity index (χ0v) is 14.8. The molecule has 1 amide bonds. The van der Waals surface area contributed by atoms with Gasteiger partial charge in [0.2, 0.25) is 5.91 Å². The number of aryl methyl sites for hydroxylation is 1. The predicted molar refractivity (Wildman–Crippen MR) is 95.0 cm³/mol. The van der Waals surface area contributed by atoms with E-state index in [9.17, 15) is 10.1 Å². The maximum atomic E-state index is 12.4. The van der Waals surface area contributed by atoms with Gasteiger partial charge in [0.1, 0.15) is 11.1 Å². The maximum Gasteiger partial charge on any atom is 0.237 e. The maximum absolute atomic E-state index is 12.4. The minimum Gasteiger partial charge on any atom is -0.380 e. The molecule has 0 saturated heterocycles. The van der Waals surface area contributed by atoms with Crippen LogP contribution in [0.5, 0.6) is 0 Å². The molecule has 1 aromatic heterocycles. The lowest BCUT2D eigenvalue weighted by atomic mass is 10.1. The normalized spacial score (nSPS) is 10.2. The number of carbonyl (C=O) groups excluding carboxylic acids is 1. The van der Waals surface area contributed by atoms with E-state index < -0.39 is 0 Å². The number of hydrogen-bond donors (Lipinski definition) is 0. The van der Waals surface area contributed by atoms with Crippen molar-refractivity contribution in [3.05, 3.63) is 53.2 Å². The van der Waals surface area contributed by atoms with Gasteiger partial charge in [-0.2, -0.15) is 5.26 Å². The van der Waals surface area contributed by atoms with Gasteiger partial charge in [0.25, 0.3) is 0 Å². The molecule has 0 aliphatic rings. The van der Waals surface area contributed by atoms with E-state index in [1.807, 2.05) is 43.3 Å². The molecule has 0 spiro atoms. The van der Waals surface area contributed by atoms with Crippen molar-refractivity contribution in [2.45, 2.75) is 18.6 Å². The Hall–Kier alpha value is -2.36. The van der Waals surface area contributed by atoms with Gasteiger partial charge in [-0.05, 0) is 30.7 Å². The third-order valence-corrected chi connectivity index (χ3v) is 4.42. The number of thioether (sulfide) groups is 1. The molecule has 5 nitrogen and oxygen atoms in total. The molecule has 0 saturated carbocycles. The number of pyridine rings is 1. The van der Waals surface area contributed by atoms with Gasteiger partial charge in [-0.3, -0.25) is 4.79 Å². The Labute approximate surface area is 146 Å². The number of amides is 1. The van der Waals surface area contributed by atoms with E-state index in [0.29, 0.717) is 17.2 Å². The molecule has 0 unspecified atom stereocenters. The van der Waals surface area contributed by atoms with Crippen molar-refractivity contribution in [1.82, 2.24) is 4.98 Å². The number of carbonyl (C=O) groups is 1. The average molecular weight is 341 g/mol. The van der Waals surface area contributed by atoms with E-state index in [0.717, 1.165) is 16.9 Å². The van der Waals surface area contributed by atoms with E-state index in [-0.39, 0.29) is 11.7 Å². The highest BCUT2D eigenvalue weighted by Gasteiger charge is 2.16. The van der Waals surface area contributed by atoms with E-state index >= 15 is 0 Å². The van der Waals surface area contributed by atoms with Crippen LogP contribution >= 0.6 is 11.8 Å². The molecule has 0 aliphatic carbocycles. The van der Waals surface area contributed by atoms with Crippen molar-refractivity contribution >= 4 is 23.4 Å². The lowest BCUT2D eigenvalue weighted by Gasteiger charge is -2.17. The predicted octanol–water partition coefficient (Wildman–Crippen LogP) is 3.16. The number of nitrogens with zero attached hydrogens (tertiary/aromatic N) is 3. The highest BCUT2D eigenvalue weighted by atomic mass is 32.2. The number of methoxy groups -OCH3 is 1. The van der Waals surface area contributed by atoms with Crippen molar-refractivity contribution in [3.8, 4) is 6.07 Å². The van der Waals surface area contributed by atoms with Gasteiger partial charge in [-0.1, -0.05) is 30.0 Å². The number of aromatic nitrogens is 1. The molecule has 2 rings (SSSR count). The Balaban J connectivity index is 2.14. The Bertz CT molecular complexity index is 757. The van der Waals surface area contributed by atoms with Crippen molar-refractivity contribution in [3.63, 3.8) is 0 Å². The molecule has 0 radical (unpaired) electrons. The van der Waals surface area contributed by atoms with Gasteiger partial charge in [0.05, 0.1) is 17.9 Å². The fraction of sp³-hybridized carbons (Fsp3) is 0.278. The molecule has 0 aliphatic heterocycles. The van der Waals surface area contributed by atoms with E-state index in [2.05, 4.69) is 11.1 Å². The fourth-order valence-corrected chi connectivity index (χ4v) is 3.21. The van der Waals surface area contributed by atoms with Gasteiger partial charge in [0.15, 0.2) is 0 Å². The molecule has 0 bridgehead atoms. The second-order valence-electron chi connectivity index (χ2n) is 5.22. The summed E-state index contributed by atoms with van der Waals surface area (Å²) < 4.78 is 5.14. The minimum atomic E-state index is -0.0494. The lowest BCUT2D eigenvalue weighted by molar-refractivity contribution is -0.115. The zero-order chi connectivity index (χ0) is 17.5. The minimum absolute atomic E-state index is 0.0494. The first-order chi connectivity index (χ1) is 11.6. The summed E-state index contributed by atoms with van der Waals surface area (Å²) in [4.78, 5) is 18.4. The summed E-state index contributed by atoms with van der Waals surface area (Å²) in [6.07, 6.45) is 0. The van der Waals surface area contributed by atoms with E-state index in [1.165, 1.54) is 11.8 Å². The van der Waals surface area contributed by atoms with E-state index in [1.54, 1.807) is 19.1 Å². The Morgan fingerprint density at radius 2 is 2.08 bits per heavy atom. The quantitative estimate of drug-likeness (QED) is 0.755. The van der Waals surface area contributed by atoms with Crippen molar-refractivity contribution in [2.75, 3.05) is 24.8 Å². The van der Waals surface area contributed by atoms with Crippen LogP contribution in [-0.4, -0.2) is 30.8 Å². The van der Waals surface area contributed by atoms with Gasteiger partial charge >= 0.3 is 0 Å². The van der Waals surface area contributed by atoms with Crippen molar-refractivity contribution in [1.29, 1.82) is 5.26 Å². The zero-order valence-electron chi connectivity index (χ0n) is 13.9. The number of hydrogen-bond acceptors (Lipinski definition) is 5. The molecule has 24 heavy (non-hydrogen) atoms. The summed E-state index contributed by atoms with van der Waals surface area (Å²) in [6, 6.07) is 13.5. The van der Waals surface area contributed by atoms with Gasteiger partial charge < -0.3 is 9.64 Å². The van der Waals surface area contributed by atoms with E-state index in [4.69, 9.17) is 4.74 Å². The Kier molecular flexibility index (Phi) is 6.36. The summed E-state index contributed by atoms with van der Waals surface area (Å²) in [5.74, 6) is 0.162. The highest BCUT2D eigenvalue weighted by molar-refractivity contribution is 8.00. The van der Waals surface area contributed by atoms with Crippen LogP contribution < -0.4 is 4.90 Å². The average Bonchev–Trinajstić information content (AvgIpc) is 2.59. The number of ether oxygens (including phenoxy) is 1. The number of anilines is 1. The molecule has 0 fully saturated rings. The molecular formula is C18H19N3O2S. The first kappa shape index (κ1) is 18.0. The lowest BCUT2D eigenvalue weighted by Crippen LogP contribution is -2.27. The molecule has 124 valence electrons. The summed E-state index contributed by atoms with van der Waals surface area (Å²) in [5.41, 5.74) is 2.90. The SMILES string of the molecule is COCc1cc(C)nc(SCC(=O)N(C)c2ccccc2)c1C#N. The van der Waals surface area contributed by atoms with Crippen LogP contribution in [0.3, 0.4) is 0 Å². The Morgan fingerprint density at radius 3 is 2.71 bits per heavy atom. The summed E-state index contributed by atoms with van der Waals surface area (Å²) in [5, 5.41) is 9.98. The van der Waals surface area contributed by atoms with Crippen LogP contribution in [0.4, 0.5) is 5.69 Å². The molecule has 2 aromatic rings. The second-order valence-corrected chi connectivity index (χ2v) is 6.19. The first-order valence-electron chi connectivity index (χ1n) is 7.40. The summed E-state index contributed by atoms with van der Waals surface area (Å²) >= 11 is 1.28. The first-order valence-corrected chi connectivity index (χ1v) is 8.39. The second kappa shape index (κ2) is 8.48. The summed E-state index contributed by atoms with van der Waals surface area (Å²) in [6.45, 7) is 2.21. The molecule has 1 heterocycles. The highest BCUT2D eigenvalue weighted by Crippen LogP contribution is 2.25.